The van der Waals surface area contributed by atoms with Gasteiger partial charge in [0.25, 0.3) is 0 Å². The summed E-state index contributed by atoms with van der Waals surface area (Å²) in [5.41, 5.74) is 8.46. The van der Waals surface area contributed by atoms with E-state index in [0.717, 1.165) is 11.3 Å². The van der Waals surface area contributed by atoms with Crippen molar-refractivity contribution in [3.63, 3.8) is 0 Å². The molecule has 0 amide bonds. The van der Waals surface area contributed by atoms with Crippen molar-refractivity contribution in [2.75, 3.05) is 26.1 Å². The molecule has 0 radical (unpaired) electrons. The zero-order valence-corrected chi connectivity index (χ0v) is 18.2. The predicted molar refractivity (Wildman–Crippen MR) is 124 cm³/mol. The topological polar surface area (TPSA) is 24.8 Å². The maximum absolute atomic E-state index is 5.32. The van der Waals surface area contributed by atoms with Gasteiger partial charge < -0.3 is 9.64 Å². The van der Waals surface area contributed by atoms with Crippen LogP contribution in [0.15, 0.2) is 65.7 Å². The van der Waals surface area contributed by atoms with E-state index in [1.807, 2.05) is 18.3 Å². The average molecular weight is 387 g/mol. The Morgan fingerprint density at radius 2 is 1.34 bits per heavy atom. The first-order chi connectivity index (χ1) is 13.9. The monoisotopic (exact) mass is 386 g/mol. The summed E-state index contributed by atoms with van der Waals surface area (Å²) < 4.78 is 5.32. The van der Waals surface area contributed by atoms with Gasteiger partial charge in [0, 0.05) is 26.0 Å². The largest absolute Gasteiger partial charge is 0.497 e. The van der Waals surface area contributed by atoms with Crippen LogP contribution in [0.2, 0.25) is 0 Å². The highest BCUT2D eigenvalue weighted by Gasteiger charge is 2.14. The van der Waals surface area contributed by atoms with Crippen molar-refractivity contribution in [3.8, 4) is 5.75 Å². The molecular weight excluding hydrogens is 356 g/mol. The van der Waals surface area contributed by atoms with Crippen LogP contribution >= 0.6 is 0 Å². The second kappa shape index (κ2) is 8.95. The minimum atomic E-state index is -0.0720. The quantitative estimate of drug-likeness (QED) is 0.493. The summed E-state index contributed by atoms with van der Waals surface area (Å²) in [4.78, 5) is 7.14. The van der Waals surface area contributed by atoms with Gasteiger partial charge in [0.15, 0.2) is 0 Å². The Kier molecular flexibility index (Phi) is 6.38. The summed E-state index contributed by atoms with van der Waals surface area (Å²) >= 11 is 0. The zero-order valence-electron chi connectivity index (χ0n) is 18.2. The third kappa shape index (κ3) is 4.86. The smallest absolute Gasteiger partial charge is 0.118 e. The zero-order chi connectivity index (χ0) is 21.0. The molecular formula is C26H30N2O. The van der Waals surface area contributed by atoms with Crippen molar-refractivity contribution in [2.24, 2.45) is 4.99 Å². The lowest BCUT2D eigenvalue weighted by atomic mass is 9.97. The molecule has 3 aromatic rings. The fourth-order valence-electron chi connectivity index (χ4n) is 3.65. The molecule has 0 aromatic heterocycles. The number of anilines is 1. The summed E-state index contributed by atoms with van der Waals surface area (Å²) in [5, 5.41) is 0. The maximum atomic E-state index is 5.32. The Labute approximate surface area is 174 Å². The van der Waals surface area contributed by atoms with Gasteiger partial charge in [0.1, 0.15) is 5.75 Å². The number of hydrogen-bond donors (Lipinski definition) is 0. The molecule has 0 aliphatic rings. The number of aliphatic imine (C=N–C) groups is 1. The molecule has 3 aromatic carbocycles. The van der Waals surface area contributed by atoms with Crippen molar-refractivity contribution >= 4 is 11.9 Å². The average Bonchev–Trinajstić information content (AvgIpc) is 2.70. The Hall–Kier alpha value is -3.07. The number of benzene rings is 3. The molecule has 0 aliphatic carbocycles. The highest BCUT2D eigenvalue weighted by atomic mass is 16.5. The Morgan fingerprint density at radius 1 is 0.828 bits per heavy atom. The fourth-order valence-corrected chi connectivity index (χ4v) is 3.65. The number of nitrogens with zero attached hydrogens (tertiary/aromatic N) is 2. The molecule has 0 saturated heterocycles. The van der Waals surface area contributed by atoms with E-state index in [4.69, 9.17) is 9.73 Å². The van der Waals surface area contributed by atoms with Crippen LogP contribution in [-0.4, -0.2) is 27.4 Å². The van der Waals surface area contributed by atoms with Crippen LogP contribution in [0.3, 0.4) is 0 Å². The first kappa shape index (κ1) is 20.7. The van der Waals surface area contributed by atoms with E-state index in [9.17, 15) is 0 Å². The molecule has 3 rings (SSSR count). The molecule has 0 fully saturated rings. The lowest BCUT2D eigenvalue weighted by molar-refractivity contribution is 0.414. The molecule has 0 spiro atoms. The van der Waals surface area contributed by atoms with E-state index in [-0.39, 0.29) is 6.04 Å². The van der Waals surface area contributed by atoms with E-state index in [2.05, 4.69) is 88.3 Å². The van der Waals surface area contributed by atoms with E-state index in [0.29, 0.717) is 0 Å². The SMILES string of the molecule is COc1ccc(C(N=Cc2c(C)cc(C)cc2C)c2ccc(N(C)C)cc2)cc1. The molecule has 1 unspecified atom stereocenters. The molecule has 0 N–H and O–H groups in total. The van der Waals surface area contributed by atoms with Crippen LogP contribution < -0.4 is 9.64 Å². The predicted octanol–water partition coefficient (Wildman–Crippen LogP) is 5.89. The molecule has 0 aliphatic heterocycles. The van der Waals surface area contributed by atoms with Crippen LogP contribution in [0, 0.1) is 20.8 Å². The van der Waals surface area contributed by atoms with Crippen molar-refractivity contribution in [1.29, 1.82) is 0 Å². The second-order valence-electron chi connectivity index (χ2n) is 7.75. The number of rotatable bonds is 6. The van der Waals surface area contributed by atoms with Gasteiger partial charge in [0.2, 0.25) is 0 Å². The summed E-state index contributed by atoms with van der Waals surface area (Å²) in [6.07, 6.45) is 2.03. The lowest BCUT2D eigenvalue weighted by Gasteiger charge is -2.17. The molecule has 150 valence electrons. The van der Waals surface area contributed by atoms with E-state index in [1.165, 1.54) is 33.5 Å². The number of aryl methyl sites for hydroxylation is 3. The van der Waals surface area contributed by atoms with Gasteiger partial charge in [-0.1, -0.05) is 42.0 Å². The number of ether oxygens (including phenoxy) is 1. The fraction of sp³-hybridized carbons (Fsp3) is 0.269. The van der Waals surface area contributed by atoms with Crippen LogP contribution in [0.25, 0.3) is 0 Å². The van der Waals surface area contributed by atoms with E-state index < -0.39 is 0 Å². The van der Waals surface area contributed by atoms with Gasteiger partial charge in [-0.05, 0) is 72.9 Å². The summed E-state index contributed by atoms with van der Waals surface area (Å²) in [6, 6.07) is 21.1. The molecule has 0 bridgehead atoms. The van der Waals surface area contributed by atoms with Crippen molar-refractivity contribution in [1.82, 2.24) is 0 Å². The van der Waals surface area contributed by atoms with Crippen LogP contribution in [-0.2, 0) is 0 Å². The van der Waals surface area contributed by atoms with E-state index >= 15 is 0 Å². The summed E-state index contributed by atoms with van der Waals surface area (Å²) in [6.45, 7) is 6.43. The van der Waals surface area contributed by atoms with Crippen LogP contribution in [0.5, 0.6) is 5.75 Å². The molecule has 29 heavy (non-hydrogen) atoms. The first-order valence-electron chi connectivity index (χ1n) is 9.91. The Morgan fingerprint density at radius 3 is 1.83 bits per heavy atom. The summed E-state index contributed by atoms with van der Waals surface area (Å²) in [7, 11) is 5.79. The molecule has 0 heterocycles. The highest BCUT2D eigenvalue weighted by molar-refractivity contribution is 5.84. The van der Waals surface area contributed by atoms with Gasteiger partial charge >= 0.3 is 0 Å². The van der Waals surface area contributed by atoms with E-state index in [1.54, 1.807) is 7.11 Å². The van der Waals surface area contributed by atoms with Gasteiger partial charge in [0.05, 0.1) is 13.2 Å². The van der Waals surface area contributed by atoms with Gasteiger partial charge in [-0.3, -0.25) is 4.99 Å². The van der Waals surface area contributed by atoms with Gasteiger partial charge in [-0.25, -0.2) is 0 Å². The molecule has 3 nitrogen and oxygen atoms in total. The molecule has 3 heteroatoms. The second-order valence-corrected chi connectivity index (χ2v) is 7.75. The molecule has 1 atom stereocenters. The van der Waals surface area contributed by atoms with Crippen LogP contribution in [0.4, 0.5) is 5.69 Å². The van der Waals surface area contributed by atoms with Gasteiger partial charge in [-0.2, -0.15) is 0 Å². The highest BCUT2D eigenvalue weighted by Crippen LogP contribution is 2.29. The minimum Gasteiger partial charge on any atom is -0.497 e. The third-order valence-electron chi connectivity index (χ3n) is 5.25. The molecule has 0 saturated carbocycles. The van der Waals surface area contributed by atoms with Gasteiger partial charge in [-0.15, -0.1) is 0 Å². The minimum absolute atomic E-state index is 0.0720. The van der Waals surface area contributed by atoms with Crippen molar-refractivity contribution in [3.05, 3.63) is 94.0 Å². The first-order valence-corrected chi connectivity index (χ1v) is 9.91. The normalized spacial score (nSPS) is 12.2. The summed E-state index contributed by atoms with van der Waals surface area (Å²) in [5.74, 6) is 0.852. The Bertz CT molecular complexity index is 963. The maximum Gasteiger partial charge on any atom is 0.118 e. The number of methoxy groups -OCH3 is 1. The lowest BCUT2D eigenvalue weighted by Crippen LogP contribution is -2.08. The standard InChI is InChI=1S/C26H30N2O/c1-18-15-19(2)25(20(3)16-18)17-27-26(22-9-13-24(29-6)14-10-22)21-7-11-23(12-8-21)28(4)5/h7-17,26H,1-6H3. The Balaban J connectivity index is 2.02. The van der Waals surface area contributed by atoms with Crippen LogP contribution in [0.1, 0.15) is 39.4 Å². The van der Waals surface area contributed by atoms with Crippen molar-refractivity contribution < 1.29 is 4.74 Å². The van der Waals surface area contributed by atoms with Crippen molar-refractivity contribution in [2.45, 2.75) is 26.8 Å². The third-order valence-corrected chi connectivity index (χ3v) is 5.25. The number of hydrogen-bond acceptors (Lipinski definition) is 3.